The minimum atomic E-state index is 0.294. The van der Waals surface area contributed by atoms with Crippen LogP contribution in [0.3, 0.4) is 0 Å². The second kappa shape index (κ2) is 17.4. The van der Waals surface area contributed by atoms with Gasteiger partial charge in [-0.25, -0.2) is 5.43 Å². The van der Waals surface area contributed by atoms with Crippen LogP contribution < -0.4 is 10.7 Å². The van der Waals surface area contributed by atoms with E-state index in [0.29, 0.717) is 16.7 Å². The summed E-state index contributed by atoms with van der Waals surface area (Å²) >= 11 is 0. The highest BCUT2D eigenvalue weighted by molar-refractivity contribution is 5.16. The van der Waals surface area contributed by atoms with Crippen LogP contribution in [0.2, 0.25) is 0 Å². The van der Waals surface area contributed by atoms with E-state index >= 15 is 0 Å². The van der Waals surface area contributed by atoms with Gasteiger partial charge in [-0.3, -0.25) is 0 Å². The van der Waals surface area contributed by atoms with Crippen molar-refractivity contribution in [1.29, 1.82) is 0 Å². The monoisotopic (exact) mass is 461 g/mol. The van der Waals surface area contributed by atoms with E-state index in [9.17, 15) is 0 Å². The summed E-state index contributed by atoms with van der Waals surface area (Å²) in [4.78, 5) is 0. The number of rotatable bonds is 20. The first-order valence-corrected chi connectivity index (χ1v) is 13.6. The molecule has 0 rings (SSSR count). The molecule has 0 aromatic carbocycles. The van der Waals surface area contributed by atoms with E-state index in [1.807, 2.05) is 7.05 Å². The van der Waals surface area contributed by atoms with E-state index in [4.69, 9.17) is 0 Å². The molecule has 0 unspecified atom stereocenters. The van der Waals surface area contributed by atoms with Crippen LogP contribution in [0.25, 0.3) is 0 Å². The molecule has 0 aliphatic heterocycles. The Balaban J connectivity index is 4.06. The molecule has 194 valence electrons. The van der Waals surface area contributed by atoms with E-state index in [-0.39, 0.29) is 0 Å². The summed E-state index contributed by atoms with van der Waals surface area (Å²) in [6.07, 6.45) is 18.8. The van der Waals surface area contributed by atoms with Gasteiger partial charge in [-0.05, 0) is 80.7 Å². The fraction of sp³-hybridized carbons (Fsp3) is 0.800. The summed E-state index contributed by atoms with van der Waals surface area (Å²) in [5, 5.41) is 5.80. The molecule has 0 bridgehead atoms. The molecule has 0 aromatic rings. The van der Waals surface area contributed by atoms with Crippen molar-refractivity contribution >= 4 is 0 Å². The average molecular weight is 462 g/mol. The maximum atomic E-state index is 4.08. The third kappa shape index (κ3) is 19.0. The summed E-state index contributed by atoms with van der Waals surface area (Å²) in [5.74, 6) is 1.34. The van der Waals surface area contributed by atoms with E-state index in [1.165, 1.54) is 44.1 Å². The molecule has 2 N–H and O–H groups in total. The predicted molar refractivity (Wildman–Crippen MR) is 150 cm³/mol. The van der Waals surface area contributed by atoms with Crippen LogP contribution in [0, 0.1) is 22.7 Å². The molecule has 0 saturated heterocycles. The van der Waals surface area contributed by atoms with Crippen molar-refractivity contribution in [3.8, 4) is 0 Å². The van der Waals surface area contributed by atoms with Crippen molar-refractivity contribution in [2.45, 2.75) is 107 Å². The Labute approximate surface area is 208 Å². The first-order chi connectivity index (χ1) is 15.4. The van der Waals surface area contributed by atoms with Gasteiger partial charge in [0, 0.05) is 19.8 Å². The highest BCUT2D eigenvalue weighted by Crippen LogP contribution is 2.35. The Hall–Kier alpha value is -1.06. The third-order valence-electron chi connectivity index (χ3n) is 6.58. The fourth-order valence-corrected chi connectivity index (χ4v) is 3.68. The lowest BCUT2D eigenvalue weighted by molar-refractivity contribution is 0.151. The van der Waals surface area contributed by atoms with E-state index in [0.717, 1.165) is 38.4 Å². The third-order valence-corrected chi connectivity index (χ3v) is 6.58. The SMILES string of the molecule is C=C(/C=C/CCNCCCCC=CN(CC(C)(C)CCC(C)(C)CCC(C)C)NC)C(C)C. The zero-order valence-electron chi connectivity index (χ0n) is 23.9. The molecule has 0 fully saturated rings. The zero-order chi connectivity index (χ0) is 25.3. The standard InChI is InChI=1S/C30H59N3/c1-26(2)18-19-29(6,7)20-21-30(8,9)25-33(31-10)24-16-12-11-14-22-32-23-15-13-17-28(5)27(3)4/h13,16-17,24,26-27,31-32H,5,11-12,14-15,18-23,25H2,1-4,6-10H3/b17-13+,24-16?. The highest BCUT2D eigenvalue weighted by Gasteiger charge is 2.25. The number of allylic oxidation sites excluding steroid dienone is 3. The molecule has 0 heterocycles. The number of hydrogen-bond donors (Lipinski definition) is 2. The smallest absolute Gasteiger partial charge is 0.0388 e. The van der Waals surface area contributed by atoms with E-state index < -0.39 is 0 Å². The Morgan fingerprint density at radius 2 is 1.55 bits per heavy atom. The van der Waals surface area contributed by atoms with Crippen LogP contribution >= 0.6 is 0 Å². The average Bonchev–Trinajstić information content (AvgIpc) is 2.73. The van der Waals surface area contributed by atoms with Gasteiger partial charge in [0.25, 0.3) is 0 Å². The Bertz CT molecular complexity index is 555. The molecule has 0 atom stereocenters. The molecule has 0 saturated carbocycles. The Morgan fingerprint density at radius 1 is 0.879 bits per heavy atom. The molecule has 0 spiro atoms. The topological polar surface area (TPSA) is 27.3 Å². The van der Waals surface area contributed by atoms with E-state index in [1.54, 1.807) is 0 Å². The molecule has 3 heteroatoms. The summed E-state index contributed by atoms with van der Waals surface area (Å²) in [7, 11) is 2.03. The number of nitrogens with zero attached hydrogens (tertiary/aromatic N) is 1. The summed E-state index contributed by atoms with van der Waals surface area (Å²) < 4.78 is 0. The molecule has 0 amide bonds. The quantitative estimate of drug-likeness (QED) is 0.109. The van der Waals surface area contributed by atoms with Crippen molar-refractivity contribution in [2.24, 2.45) is 22.7 Å². The fourth-order valence-electron chi connectivity index (χ4n) is 3.68. The van der Waals surface area contributed by atoms with Gasteiger partial charge in [-0.2, -0.15) is 0 Å². The van der Waals surface area contributed by atoms with Gasteiger partial charge in [0.05, 0.1) is 0 Å². The maximum absolute atomic E-state index is 4.08. The van der Waals surface area contributed by atoms with Gasteiger partial charge in [0.1, 0.15) is 0 Å². The summed E-state index contributed by atoms with van der Waals surface area (Å²) in [6, 6.07) is 0. The number of hydrazine groups is 1. The minimum Gasteiger partial charge on any atom is -0.316 e. The van der Waals surface area contributed by atoms with Crippen molar-refractivity contribution < 1.29 is 0 Å². The summed E-state index contributed by atoms with van der Waals surface area (Å²) in [5.41, 5.74) is 5.31. The molecular formula is C30H59N3. The molecule has 0 aliphatic carbocycles. The number of hydrogen-bond acceptors (Lipinski definition) is 3. The Kier molecular flexibility index (Phi) is 16.8. The first kappa shape index (κ1) is 31.9. The van der Waals surface area contributed by atoms with Crippen LogP contribution in [-0.4, -0.2) is 31.7 Å². The van der Waals surface area contributed by atoms with Gasteiger partial charge >= 0.3 is 0 Å². The second-order valence-electron chi connectivity index (χ2n) is 12.2. The van der Waals surface area contributed by atoms with Crippen LogP contribution in [0.15, 0.2) is 36.6 Å². The molecule has 0 aromatic heterocycles. The zero-order valence-corrected chi connectivity index (χ0v) is 23.9. The van der Waals surface area contributed by atoms with Crippen LogP contribution in [0.4, 0.5) is 0 Å². The van der Waals surface area contributed by atoms with Crippen molar-refractivity contribution in [2.75, 3.05) is 26.7 Å². The second-order valence-corrected chi connectivity index (χ2v) is 12.2. The number of unbranched alkanes of at least 4 members (excludes halogenated alkanes) is 2. The normalized spacial score (nSPS) is 13.2. The van der Waals surface area contributed by atoms with Gasteiger partial charge in [-0.1, -0.05) is 92.2 Å². The lowest BCUT2D eigenvalue weighted by Gasteiger charge is -2.35. The van der Waals surface area contributed by atoms with Crippen molar-refractivity contribution in [3.63, 3.8) is 0 Å². The largest absolute Gasteiger partial charge is 0.316 e. The molecule has 0 radical (unpaired) electrons. The molecular weight excluding hydrogens is 402 g/mol. The van der Waals surface area contributed by atoms with Gasteiger partial charge < -0.3 is 10.3 Å². The molecule has 33 heavy (non-hydrogen) atoms. The number of nitrogens with one attached hydrogen (secondary N) is 2. The van der Waals surface area contributed by atoms with Crippen LogP contribution in [0.5, 0.6) is 0 Å². The van der Waals surface area contributed by atoms with Gasteiger partial charge in [0.15, 0.2) is 0 Å². The first-order valence-electron chi connectivity index (χ1n) is 13.6. The molecule has 3 nitrogen and oxygen atoms in total. The van der Waals surface area contributed by atoms with Gasteiger partial charge in [-0.15, -0.1) is 0 Å². The molecule has 0 aliphatic rings. The van der Waals surface area contributed by atoms with Crippen molar-refractivity contribution in [3.05, 3.63) is 36.6 Å². The maximum Gasteiger partial charge on any atom is 0.0388 e. The van der Waals surface area contributed by atoms with Crippen molar-refractivity contribution in [1.82, 2.24) is 15.8 Å². The Morgan fingerprint density at radius 3 is 2.15 bits per heavy atom. The lowest BCUT2D eigenvalue weighted by Crippen LogP contribution is -2.38. The van der Waals surface area contributed by atoms with Gasteiger partial charge in [0.2, 0.25) is 0 Å². The predicted octanol–water partition coefficient (Wildman–Crippen LogP) is 8.12. The van der Waals surface area contributed by atoms with E-state index in [2.05, 4.69) is 102 Å². The summed E-state index contributed by atoms with van der Waals surface area (Å²) in [6.45, 7) is 26.0. The van der Waals surface area contributed by atoms with Crippen LogP contribution in [-0.2, 0) is 0 Å². The van der Waals surface area contributed by atoms with Crippen LogP contribution in [0.1, 0.15) is 107 Å². The lowest BCUT2D eigenvalue weighted by atomic mass is 9.76. The highest BCUT2D eigenvalue weighted by atomic mass is 15.5. The minimum absolute atomic E-state index is 0.294.